The van der Waals surface area contributed by atoms with Crippen LogP contribution in [0.3, 0.4) is 0 Å². The Morgan fingerprint density at radius 3 is 2.77 bits per heavy atom. The normalized spacial score (nSPS) is 10.6. The van der Waals surface area contributed by atoms with E-state index in [1.54, 1.807) is 0 Å². The molecule has 0 radical (unpaired) electrons. The number of nitro benzene ring substituents is 1. The lowest BCUT2D eigenvalue weighted by molar-refractivity contribution is -0.387. The third kappa shape index (κ3) is 2.73. The summed E-state index contributed by atoms with van der Waals surface area (Å²) in [6.45, 7) is 0. The van der Waals surface area contributed by atoms with Crippen LogP contribution in [0.15, 0.2) is 47.2 Å². The fraction of sp³-hybridized carbons (Fsp3) is 0. The largest absolute Gasteiger partial charge is 0.339 e. The Kier molecular flexibility index (Phi) is 3.68. The molecule has 0 saturated carbocycles. The van der Waals surface area contributed by atoms with Crippen LogP contribution in [0.2, 0.25) is 0 Å². The molecule has 0 amide bonds. The van der Waals surface area contributed by atoms with Crippen LogP contribution in [0.25, 0.3) is 10.9 Å². The number of halogens is 2. The molecule has 0 fully saturated rings. The Hall–Kier alpha value is -2.61. The van der Waals surface area contributed by atoms with Gasteiger partial charge in [0.25, 0.3) is 0 Å². The van der Waals surface area contributed by atoms with Crippen LogP contribution in [0.1, 0.15) is 0 Å². The summed E-state index contributed by atoms with van der Waals surface area (Å²) in [4.78, 5) is 18.3. The predicted octanol–water partition coefficient (Wildman–Crippen LogP) is 4.18. The highest BCUT2D eigenvalue weighted by Crippen LogP contribution is 2.28. The third-order valence-electron chi connectivity index (χ3n) is 3.00. The second-order valence-corrected chi connectivity index (χ2v) is 5.35. The molecule has 0 atom stereocenters. The molecule has 0 aliphatic heterocycles. The van der Waals surface area contributed by atoms with Crippen molar-refractivity contribution in [1.29, 1.82) is 0 Å². The first-order chi connectivity index (χ1) is 10.5. The van der Waals surface area contributed by atoms with Crippen molar-refractivity contribution < 1.29 is 9.31 Å². The highest BCUT2D eigenvalue weighted by Gasteiger charge is 2.15. The van der Waals surface area contributed by atoms with Gasteiger partial charge in [-0.15, -0.1) is 0 Å². The predicted molar refractivity (Wildman–Crippen MR) is 83.6 cm³/mol. The van der Waals surface area contributed by atoms with Crippen LogP contribution >= 0.6 is 15.9 Å². The summed E-state index contributed by atoms with van der Waals surface area (Å²) < 4.78 is 14.2. The highest BCUT2D eigenvalue weighted by molar-refractivity contribution is 9.10. The number of anilines is 2. The minimum atomic E-state index is -0.883. The number of nitrogens with zero attached hydrogens (tertiary/aromatic N) is 3. The van der Waals surface area contributed by atoms with Crippen molar-refractivity contribution in [2.24, 2.45) is 0 Å². The molecule has 0 saturated heterocycles. The average Bonchev–Trinajstić information content (AvgIpc) is 2.49. The van der Waals surface area contributed by atoms with Gasteiger partial charge in [-0.3, -0.25) is 10.1 Å². The summed E-state index contributed by atoms with van der Waals surface area (Å²) >= 11 is 3.37. The van der Waals surface area contributed by atoms with E-state index in [-0.39, 0.29) is 0 Å². The number of hydrogen-bond acceptors (Lipinski definition) is 5. The van der Waals surface area contributed by atoms with Crippen molar-refractivity contribution in [1.82, 2.24) is 9.97 Å². The molecule has 8 heteroatoms. The molecule has 3 rings (SSSR count). The van der Waals surface area contributed by atoms with Gasteiger partial charge in [0.15, 0.2) is 0 Å². The first-order valence-corrected chi connectivity index (χ1v) is 6.95. The van der Waals surface area contributed by atoms with Crippen LogP contribution in [0, 0.1) is 15.9 Å². The van der Waals surface area contributed by atoms with Crippen molar-refractivity contribution in [3.63, 3.8) is 0 Å². The summed E-state index contributed by atoms with van der Waals surface area (Å²) in [5.41, 5.74) is 0.495. The minimum absolute atomic E-state index is 0.369. The second kappa shape index (κ2) is 5.64. The van der Waals surface area contributed by atoms with E-state index >= 15 is 0 Å². The van der Waals surface area contributed by atoms with E-state index in [1.807, 2.05) is 18.2 Å². The molecule has 0 bridgehead atoms. The van der Waals surface area contributed by atoms with Crippen molar-refractivity contribution in [2.45, 2.75) is 0 Å². The molecule has 110 valence electrons. The van der Waals surface area contributed by atoms with E-state index in [2.05, 4.69) is 31.2 Å². The highest BCUT2D eigenvalue weighted by atomic mass is 79.9. The Balaban J connectivity index is 2.05. The van der Waals surface area contributed by atoms with Crippen LogP contribution < -0.4 is 5.32 Å². The fourth-order valence-corrected chi connectivity index (χ4v) is 2.36. The summed E-state index contributed by atoms with van der Waals surface area (Å²) in [6.07, 6.45) is 1.39. The van der Waals surface area contributed by atoms with E-state index in [0.717, 1.165) is 27.5 Å². The Morgan fingerprint density at radius 1 is 1.18 bits per heavy atom. The fourth-order valence-electron chi connectivity index (χ4n) is 2.00. The summed E-state index contributed by atoms with van der Waals surface area (Å²) in [5.74, 6) is -0.405. The standard InChI is InChI=1S/C14H8BrFN4O2/c15-8-1-4-12-10(5-8)14(18-7-17-12)19-9-2-3-11(16)13(6-9)20(21)22/h1-7H,(H,17,18,19). The van der Waals surface area contributed by atoms with Crippen LogP contribution in [0.4, 0.5) is 21.6 Å². The maximum absolute atomic E-state index is 13.4. The molecular weight excluding hydrogens is 355 g/mol. The topological polar surface area (TPSA) is 81.0 Å². The molecule has 0 unspecified atom stereocenters. The van der Waals surface area contributed by atoms with Gasteiger partial charge in [-0.05, 0) is 30.3 Å². The maximum atomic E-state index is 13.4. The molecule has 6 nitrogen and oxygen atoms in total. The van der Waals surface area contributed by atoms with Gasteiger partial charge in [-0.2, -0.15) is 4.39 Å². The van der Waals surface area contributed by atoms with Gasteiger partial charge in [0, 0.05) is 21.6 Å². The first-order valence-electron chi connectivity index (χ1n) is 6.16. The van der Waals surface area contributed by atoms with E-state index in [4.69, 9.17) is 0 Å². The second-order valence-electron chi connectivity index (χ2n) is 4.43. The zero-order valence-corrected chi connectivity index (χ0v) is 12.5. The quantitative estimate of drug-likeness (QED) is 0.558. The molecule has 1 heterocycles. The van der Waals surface area contributed by atoms with Gasteiger partial charge in [0.05, 0.1) is 10.4 Å². The van der Waals surface area contributed by atoms with Gasteiger partial charge in [-0.25, -0.2) is 9.97 Å². The molecule has 1 N–H and O–H groups in total. The molecule has 1 aromatic heterocycles. The number of nitro groups is 1. The van der Waals surface area contributed by atoms with Crippen LogP contribution in [0.5, 0.6) is 0 Å². The summed E-state index contributed by atoms with van der Waals surface area (Å²) in [7, 11) is 0. The van der Waals surface area contributed by atoms with Crippen molar-refractivity contribution in [2.75, 3.05) is 5.32 Å². The van der Waals surface area contributed by atoms with Crippen LogP contribution in [-0.2, 0) is 0 Å². The maximum Gasteiger partial charge on any atom is 0.306 e. The lowest BCUT2D eigenvalue weighted by Crippen LogP contribution is -1.98. The monoisotopic (exact) mass is 362 g/mol. The lowest BCUT2D eigenvalue weighted by Gasteiger charge is -2.08. The Bertz CT molecular complexity index is 888. The molecule has 22 heavy (non-hydrogen) atoms. The molecule has 3 aromatic rings. The van der Waals surface area contributed by atoms with E-state index in [9.17, 15) is 14.5 Å². The minimum Gasteiger partial charge on any atom is -0.339 e. The number of aromatic nitrogens is 2. The zero-order valence-electron chi connectivity index (χ0n) is 11.0. The smallest absolute Gasteiger partial charge is 0.306 e. The van der Waals surface area contributed by atoms with E-state index in [0.29, 0.717) is 11.5 Å². The average molecular weight is 363 g/mol. The van der Waals surface area contributed by atoms with E-state index < -0.39 is 16.4 Å². The van der Waals surface area contributed by atoms with Crippen molar-refractivity contribution >= 4 is 44.0 Å². The number of rotatable bonds is 3. The van der Waals surface area contributed by atoms with Gasteiger partial charge >= 0.3 is 5.69 Å². The van der Waals surface area contributed by atoms with Gasteiger partial charge in [-0.1, -0.05) is 15.9 Å². The van der Waals surface area contributed by atoms with Crippen molar-refractivity contribution in [3.05, 3.63) is 63.1 Å². The Labute approximate surface area is 132 Å². The summed E-state index contributed by atoms with van der Waals surface area (Å²) in [5, 5.41) is 14.5. The first kappa shape index (κ1) is 14.3. The SMILES string of the molecule is O=[N+]([O-])c1cc(Nc2ncnc3ccc(Br)cc23)ccc1F. The molecule has 0 aliphatic rings. The number of fused-ring (bicyclic) bond motifs is 1. The molecule has 2 aromatic carbocycles. The molecule has 0 spiro atoms. The molecule has 0 aliphatic carbocycles. The van der Waals surface area contributed by atoms with Gasteiger partial charge in [0.1, 0.15) is 12.1 Å². The number of benzene rings is 2. The van der Waals surface area contributed by atoms with Crippen LogP contribution in [-0.4, -0.2) is 14.9 Å². The third-order valence-corrected chi connectivity index (χ3v) is 3.50. The van der Waals surface area contributed by atoms with Gasteiger partial charge in [0.2, 0.25) is 5.82 Å². The zero-order chi connectivity index (χ0) is 15.7. The molecular formula is C14H8BrFN4O2. The summed E-state index contributed by atoms with van der Waals surface area (Å²) in [6, 6.07) is 9.08. The van der Waals surface area contributed by atoms with Crippen molar-refractivity contribution in [3.8, 4) is 0 Å². The Morgan fingerprint density at radius 2 is 2.00 bits per heavy atom. The lowest BCUT2D eigenvalue weighted by atomic mass is 10.2. The number of hydrogen-bond donors (Lipinski definition) is 1. The number of nitrogens with one attached hydrogen (secondary N) is 1. The van der Waals surface area contributed by atoms with E-state index in [1.165, 1.54) is 12.4 Å². The van der Waals surface area contributed by atoms with Gasteiger partial charge < -0.3 is 5.32 Å².